The van der Waals surface area contributed by atoms with Crippen LogP contribution in [0.2, 0.25) is 0 Å². The third-order valence-corrected chi connectivity index (χ3v) is 8.10. The standard InChI is InChI=1S/C19H25F2N3O4S/c1-11-14(6-5-13(23-11)12-7-19(12,20)21)29(26,27)15-18(8-22-9-18)10-24(15)16(25)28-17(2,3)4/h5-6,12,15,22H,7-10H2,1-4H3. The molecule has 1 aromatic rings. The molecule has 2 unspecified atom stereocenters. The van der Waals surface area contributed by atoms with Crippen LogP contribution in [0.3, 0.4) is 0 Å². The molecule has 2 saturated heterocycles. The number of rotatable bonds is 3. The van der Waals surface area contributed by atoms with Crippen molar-refractivity contribution >= 4 is 15.9 Å². The Morgan fingerprint density at radius 1 is 1.31 bits per heavy atom. The molecule has 1 amide bonds. The first-order valence-corrected chi connectivity index (χ1v) is 11.1. The number of halogens is 2. The molecule has 2 aliphatic heterocycles. The van der Waals surface area contributed by atoms with Gasteiger partial charge in [-0.1, -0.05) is 0 Å². The van der Waals surface area contributed by atoms with Gasteiger partial charge in [0.1, 0.15) is 5.60 Å². The van der Waals surface area contributed by atoms with Gasteiger partial charge in [0.25, 0.3) is 5.92 Å². The van der Waals surface area contributed by atoms with Crippen molar-refractivity contribution in [2.45, 2.75) is 61.8 Å². The molecule has 7 nitrogen and oxygen atoms in total. The summed E-state index contributed by atoms with van der Waals surface area (Å²) in [6, 6.07) is 2.69. The molecule has 3 heterocycles. The van der Waals surface area contributed by atoms with Gasteiger partial charge in [-0.25, -0.2) is 22.0 Å². The SMILES string of the molecule is Cc1nc(C2CC2(F)F)ccc1S(=O)(=O)C1N(C(=O)OC(C)(C)C)CC12CNC2. The molecule has 1 spiro atoms. The summed E-state index contributed by atoms with van der Waals surface area (Å²) < 4.78 is 59.0. The van der Waals surface area contributed by atoms with E-state index in [0.29, 0.717) is 13.1 Å². The number of sulfone groups is 1. The Balaban J connectivity index is 1.64. The van der Waals surface area contributed by atoms with Crippen LogP contribution in [0, 0.1) is 12.3 Å². The normalized spacial score (nSPS) is 27.2. The summed E-state index contributed by atoms with van der Waals surface area (Å²) >= 11 is 0. The van der Waals surface area contributed by atoms with Crippen LogP contribution < -0.4 is 5.32 Å². The minimum Gasteiger partial charge on any atom is -0.444 e. The maximum absolute atomic E-state index is 13.5. The van der Waals surface area contributed by atoms with Gasteiger partial charge in [-0.3, -0.25) is 9.88 Å². The zero-order valence-electron chi connectivity index (χ0n) is 16.8. The van der Waals surface area contributed by atoms with E-state index in [9.17, 15) is 22.0 Å². The van der Waals surface area contributed by atoms with Gasteiger partial charge in [0, 0.05) is 31.5 Å². The Hall–Kier alpha value is -1.81. The zero-order valence-corrected chi connectivity index (χ0v) is 17.6. The van der Waals surface area contributed by atoms with Crippen LogP contribution in [0.4, 0.5) is 13.6 Å². The Kier molecular flexibility index (Phi) is 4.31. The first-order valence-electron chi connectivity index (χ1n) is 9.57. The number of nitrogens with one attached hydrogen (secondary N) is 1. The molecule has 29 heavy (non-hydrogen) atoms. The fourth-order valence-electron chi connectivity index (χ4n) is 4.15. The summed E-state index contributed by atoms with van der Waals surface area (Å²) in [7, 11) is -3.97. The average Bonchev–Trinajstić information content (AvgIpc) is 3.10. The van der Waals surface area contributed by atoms with Crippen molar-refractivity contribution in [2.75, 3.05) is 19.6 Å². The number of pyridine rings is 1. The topological polar surface area (TPSA) is 88.6 Å². The van der Waals surface area contributed by atoms with E-state index in [2.05, 4.69) is 10.3 Å². The molecular formula is C19H25F2N3O4S. The summed E-state index contributed by atoms with van der Waals surface area (Å²) in [6.45, 7) is 7.90. The Bertz CT molecular complexity index is 970. The molecule has 160 valence electrons. The highest BCUT2D eigenvalue weighted by Gasteiger charge is 2.64. The van der Waals surface area contributed by atoms with Gasteiger partial charge in [-0.2, -0.15) is 0 Å². The molecule has 0 aromatic carbocycles. The van der Waals surface area contributed by atoms with Crippen molar-refractivity contribution in [1.82, 2.24) is 15.2 Å². The van der Waals surface area contributed by atoms with E-state index in [-0.39, 0.29) is 29.2 Å². The minimum absolute atomic E-state index is 0.0326. The van der Waals surface area contributed by atoms with E-state index in [0.717, 1.165) is 0 Å². The maximum atomic E-state index is 13.5. The van der Waals surface area contributed by atoms with Crippen LogP contribution in [-0.2, 0) is 14.6 Å². The third kappa shape index (κ3) is 3.30. The molecule has 0 bridgehead atoms. The molecule has 1 aliphatic carbocycles. The lowest BCUT2D eigenvalue weighted by Crippen LogP contribution is -2.79. The van der Waals surface area contributed by atoms with Crippen LogP contribution in [0.5, 0.6) is 0 Å². The number of nitrogens with zero attached hydrogens (tertiary/aromatic N) is 2. The summed E-state index contributed by atoms with van der Waals surface area (Å²) in [4.78, 5) is 17.9. The molecule has 1 N–H and O–H groups in total. The molecule has 3 aliphatic rings. The lowest BCUT2D eigenvalue weighted by molar-refractivity contribution is -0.0734. The number of carbonyl (C=O) groups is 1. The summed E-state index contributed by atoms with van der Waals surface area (Å²) in [6.07, 6.45) is -0.946. The van der Waals surface area contributed by atoms with Gasteiger partial charge in [-0.15, -0.1) is 0 Å². The molecule has 10 heteroatoms. The van der Waals surface area contributed by atoms with Gasteiger partial charge in [0.15, 0.2) is 5.37 Å². The summed E-state index contributed by atoms with van der Waals surface area (Å²) in [5.41, 5.74) is -0.946. The van der Waals surface area contributed by atoms with Crippen LogP contribution >= 0.6 is 0 Å². The number of hydrogen-bond acceptors (Lipinski definition) is 6. The highest BCUT2D eigenvalue weighted by molar-refractivity contribution is 7.92. The smallest absolute Gasteiger partial charge is 0.411 e. The number of hydrogen-bond donors (Lipinski definition) is 1. The number of alkyl halides is 2. The monoisotopic (exact) mass is 429 g/mol. The predicted octanol–water partition coefficient (Wildman–Crippen LogP) is 2.45. The van der Waals surface area contributed by atoms with Crippen molar-refractivity contribution in [3.05, 3.63) is 23.5 Å². The van der Waals surface area contributed by atoms with Crippen LogP contribution in [0.1, 0.15) is 44.5 Å². The fraction of sp³-hybridized carbons (Fsp3) is 0.684. The summed E-state index contributed by atoms with van der Waals surface area (Å²) in [5.74, 6) is -3.73. The number of carbonyl (C=O) groups excluding carboxylic acids is 1. The quantitative estimate of drug-likeness (QED) is 0.794. The molecule has 1 saturated carbocycles. The number of aromatic nitrogens is 1. The largest absolute Gasteiger partial charge is 0.444 e. The van der Waals surface area contributed by atoms with E-state index >= 15 is 0 Å². The first kappa shape index (κ1) is 20.5. The number of amides is 1. The second kappa shape index (κ2) is 6.10. The van der Waals surface area contributed by atoms with Gasteiger partial charge >= 0.3 is 6.09 Å². The van der Waals surface area contributed by atoms with Gasteiger partial charge < -0.3 is 10.1 Å². The summed E-state index contributed by atoms with van der Waals surface area (Å²) in [5, 5.41) is 2.01. The van der Waals surface area contributed by atoms with Crippen molar-refractivity contribution in [3.63, 3.8) is 0 Å². The van der Waals surface area contributed by atoms with E-state index in [4.69, 9.17) is 4.74 Å². The van der Waals surface area contributed by atoms with E-state index < -0.39 is 44.2 Å². The Morgan fingerprint density at radius 2 is 1.93 bits per heavy atom. The van der Waals surface area contributed by atoms with Crippen LogP contribution in [0.15, 0.2) is 17.0 Å². The molecular weight excluding hydrogens is 404 g/mol. The highest BCUT2D eigenvalue weighted by atomic mass is 32.2. The average molecular weight is 429 g/mol. The third-order valence-electron chi connectivity index (χ3n) is 5.72. The van der Waals surface area contributed by atoms with Gasteiger partial charge in [0.2, 0.25) is 9.84 Å². The van der Waals surface area contributed by atoms with E-state index in [1.54, 1.807) is 20.8 Å². The highest BCUT2D eigenvalue weighted by Crippen LogP contribution is 2.55. The van der Waals surface area contributed by atoms with Crippen LogP contribution in [0.25, 0.3) is 0 Å². The van der Waals surface area contributed by atoms with Crippen molar-refractivity contribution in [2.24, 2.45) is 5.41 Å². The fourth-order valence-corrected chi connectivity index (χ4v) is 6.50. The predicted molar refractivity (Wildman–Crippen MR) is 100 cm³/mol. The van der Waals surface area contributed by atoms with Gasteiger partial charge in [-0.05, 0) is 39.8 Å². The lowest BCUT2D eigenvalue weighted by atomic mass is 9.74. The molecule has 2 atom stereocenters. The van der Waals surface area contributed by atoms with Crippen LogP contribution in [-0.4, -0.2) is 60.9 Å². The molecule has 3 fully saturated rings. The molecule has 4 rings (SSSR count). The van der Waals surface area contributed by atoms with E-state index in [1.807, 2.05) is 0 Å². The minimum atomic E-state index is -3.97. The second-order valence-electron chi connectivity index (χ2n) is 9.31. The maximum Gasteiger partial charge on any atom is 0.411 e. The first-order chi connectivity index (χ1) is 13.3. The zero-order chi connectivity index (χ0) is 21.4. The van der Waals surface area contributed by atoms with Crippen molar-refractivity contribution in [3.8, 4) is 0 Å². The second-order valence-corrected chi connectivity index (χ2v) is 11.3. The van der Waals surface area contributed by atoms with Gasteiger partial charge in [0.05, 0.1) is 22.2 Å². The lowest BCUT2D eigenvalue weighted by Gasteiger charge is -2.60. The number of aryl methyl sites for hydroxylation is 1. The molecule has 0 radical (unpaired) electrons. The Morgan fingerprint density at radius 3 is 2.38 bits per heavy atom. The Labute approximate surface area is 168 Å². The number of ether oxygens (including phenoxy) is 1. The molecule has 1 aromatic heterocycles. The number of likely N-dealkylation sites (tertiary alicyclic amines) is 1. The van der Waals surface area contributed by atoms with E-state index in [1.165, 1.54) is 24.0 Å². The van der Waals surface area contributed by atoms with Crippen molar-refractivity contribution in [1.29, 1.82) is 0 Å². The van der Waals surface area contributed by atoms with Crippen molar-refractivity contribution < 1.29 is 26.7 Å².